The van der Waals surface area contributed by atoms with Gasteiger partial charge in [-0.3, -0.25) is 9.59 Å². The number of benzene rings is 2. The van der Waals surface area contributed by atoms with Crippen molar-refractivity contribution in [2.24, 2.45) is 5.92 Å². The quantitative estimate of drug-likeness (QED) is 0.557. The van der Waals surface area contributed by atoms with Crippen LogP contribution >= 0.6 is 11.6 Å². The molecule has 2 heterocycles. The zero-order valence-electron chi connectivity index (χ0n) is 20.3. The number of sulfonamides is 1. The minimum absolute atomic E-state index is 0.0982. The molecule has 0 aliphatic carbocycles. The lowest BCUT2D eigenvalue weighted by atomic mass is 9.89. The van der Waals surface area contributed by atoms with Crippen LogP contribution in [0.15, 0.2) is 47.4 Å². The predicted octanol–water partition coefficient (Wildman–Crippen LogP) is 3.14. The second-order valence-electron chi connectivity index (χ2n) is 8.73. The van der Waals surface area contributed by atoms with Gasteiger partial charge in [0.25, 0.3) is 5.91 Å². The van der Waals surface area contributed by atoms with Crippen LogP contribution < -0.4 is 14.8 Å². The van der Waals surface area contributed by atoms with Gasteiger partial charge in [-0.15, -0.1) is 0 Å². The van der Waals surface area contributed by atoms with E-state index in [0.29, 0.717) is 48.0 Å². The topological polar surface area (TPSA) is 105 Å². The van der Waals surface area contributed by atoms with Crippen molar-refractivity contribution in [3.63, 3.8) is 0 Å². The molecule has 1 atom stereocenters. The van der Waals surface area contributed by atoms with E-state index in [-0.39, 0.29) is 36.6 Å². The molecule has 9 nitrogen and oxygen atoms in total. The van der Waals surface area contributed by atoms with Gasteiger partial charge in [0.05, 0.1) is 4.90 Å². The van der Waals surface area contributed by atoms with Crippen LogP contribution in [0.25, 0.3) is 0 Å². The SMILES string of the molecule is CCN(CC)C(=O)C(NC(=O)c1ccc2c(c1)OCO2)C1CCN(S(=O)(=O)c2ccc(Cl)cc2)CC1. The van der Waals surface area contributed by atoms with Crippen LogP contribution in [0.1, 0.15) is 37.0 Å². The lowest BCUT2D eigenvalue weighted by Gasteiger charge is -2.37. The van der Waals surface area contributed by atoms with Crippen molar-refractivity contribution in [2.45, 2.75) is 37.6 Å². The van der Waals surface area contributed by atoms with E-state index in [2.05, 4.69) is 5.32 Å². The Labute approximate surface area is 216 Å². The van der Waals surface area contributed by atoms with Crippen molar-refractivity contribution in [3.05, 3.63) is 53.1 Å². The lowest BCUT2D eigenvalue weighted by molar-refractivity contribution is -0.134. The highest BCUT2D eigenvalue weighted by Gasteiger charge is 2.37. The van der Waals surface area contributed by atoms with Crippen LogP contribution in [0.4, 0.5) is 0 Å². The second-order valence-corrected chi connectivity index (χ2v) is 11.1. The number of carbonyl (C=O) groups is 2. The number of halogens is 1. The molecular formula is C25H30ClN3O6S. The Morgan fingerprint density at radius 1 is 1.06 bits per heavy atom. The zero-order valence-corrected chi connectivity index (χ0v) is 21.8. The Kier molecular flexibility index (Phi) is 8.07. The normalized spacial score (nSPS) is 17.0. The first kappa shape index (κ1) is 26.2. The molecular weight excluding hydrogens is 506 g/mol. The number of hydrogen-bond acceptors (Lipinski definition) is 6. The van der Waals surface area contributed by atoms with E-state index in [1.807, 2.05) is 13.8 Å². The zero-order chi connectivity index (χ0) is 25.9. The summed E-state index contributed by atoms with van der Waals surface area (Å²) in [5.74, 6) is 0.266. The van der Waals surface area contributed by atoms with Crippen LogP contribution in [0, 0.1) is 5.92 Å². The summed E-state index contributed by atoms with van der Waals surface area (Å²) in [5, 5.41) is 3.39. The molecule has 11 heteroatoms. The fraction of sp³-hybridized carbons (Fsp3) is 0.440. The number of rotatable bonds is 8. The molecule has 194 valence electrons. The highest BCUT2D eigenvalue weighted by molar-refractivity contribution is 7.89. The van der Waals surface area contributed by atoms with Gasteiger partial charge in [-0.05, 0) is 75.1 Å². The number of amides is 2. The maximum absolute atomic E-state index is 13.4. The van der Waals surface area contributed by atoms with Crippen molar-refractivity contribution >= 4 is 33.4 Å². The van der Waals surface area contributed by atoms with Crippen molar-refractivity contribution < 1.29 is 27.5 Å². The van der Waals surface area contributed by atoms with Gasteiger partial charge in [0.2, 0.25) is 22.7 Å². The monoisotopic (exact) mass is 535 g/mol. The summed E-state index contributed by atoms with van der Waals surface area (Å²) < 4.78 is 38.3. The van der Waals surface area contributed by atoms with Crippen LogP contribution in [-0.2, 0) is 14.8 Å². The summed E-state index contributed by atoms with van der Waals surface area (Å²) >= 11 is 5.90. The summed E-state index contributed by atoms with van der Waals surface area (Å²) in [7, 11) is -3.68. The molecule has 4 rings (SSSR count). The van der Waals surface area contributed by atoms with Gasteiger partial charge in [0, 0.05) is 36.8 Å². The van der Waals surface area contributed by atoms with Crippen molar-refractivity contribution in [1.29, 1.82) is 0 Å². The Hall–Kier alpha value is -2.82. The molecule has 36 heavy (non-hydrogen) atoms. The second kappa shape index (κ2) is 11.1. The van der Waals surface area contributed by atoms with Crippen LogP contribution in [0.2, 0.25) is 5.02 Å². The van der Waals surface area contributed by atoms with E-state index in [0.717, 1.165) is 0 Å². The summed E-state index contributed by atoms with van der Waals surface area (Å²) in [4.78, 5) is 28.4. The molecule has 2 amide bonds. The molecule has 1 saturated heterocycles. The first-order valence-corrected chi connectivity index (χ1v) is 13.8. The summed E-state index contributed by atoms with van der Waals surface area (Å²) in [5.41, 5.74) is 0.361. The van der Waals surface area contributed by atoms with E-state index in [4.69, 9.17) is 21.1 Å². The molecule has 0 aromatic heterocycles. The number of hydrogen-bond donors (Lipinski definition) is 1. The number of nitrogens with one attached hydrogen (secondary N) is 1. The Balaban J connectivity index is 1.50. The van der Waals surface area contributed by atoms with Gasteiger partial charge in [0.15, 0.2) is 11.5 Å². The van der Waals surface area contributed by atoms with Crippen LogP contribution in [0.3, 0.4) is 0 Å². The number of nitrogens with zero attached hydrogens (tertiary/aromatic N) is 2. The summed E-state index contributed by atoms with van der Waals surface area (Å²) in [6, 6.07) is 10.2. The Morgan fingerprint density at radius 3 is 2.33 bits per heavy atom. The number of piperidine rings is 1. The van der Waals surface area contributed by atoms with Gasteiger partial charge >= 0.3 is 0 Å². The van der Waals surface area contributed by atoms with Crippen LogP contribution in [-0.4, -0.2) is 68.5 Å². The first-order valence-electron chi connectivity index (χ1n) is 12.0. The molecule has 1 N–H and O–H groups in total. The van der Waals surface area contributed by atoms with E-state index in [1.54, 1.807) is 35.2 Å². The average molecular weight is 536 g/mol. The molecule has 2 aliphatic heterocycles. The van der Waals surface area contributed by atoms with E-state index in [9.17, 15) is 18.0 Å². The molecule has 0 saturated carbocycles. The van der Waals surface area contributed by atoms with Crippen LogP contribution in [0.5, 0.6) is 11.5 Å². The van der Waals surface area contributed by atoms with Crippen molar-refractivity contribution in [2.75, 3.05) is 33.0 Å². The minimum atomic E-state index is -3.68. The van der Waals surface area contributed by atoms with Crippen molar-refractivity contribution in [1.82, 2.24) is 14.5 Å². The fourth-order valence-corrected chi connectivity index (χ4v) is 6.18. The third kappa shape index (κ3) is 5.45. The molecule has 1 fully saturated rings. The standard InChI is InChI=1S/C25H30ClN3O6S/c1-3-28(4-2)25(31)23(27-24(30)18-5-10-21-22(15-18)35-16-34-21)17-11-13-29(14-12-17)36(32,33)20-8-6-19(26)7-9-20/h5-10,15,17,23H,3-4,11-14,16H2,1-2H3,(H,27,30). The third-order valence-electron chi connectivity index (χ3n) is 6.68. The summed E-state index contributed by atoms with van der Waals surface area (Å²) in [6.45, 7) is 5.39. The smallest absolute Gasteiger partial charge is 0.252 e. The maximum Gasteiger partial charge on any atom is 0.252 e. The lowest BCUT2D eigenvalue weighted by Crippen LogP contribution is -2.54. The van der Waals surface area contributed by atoms with Gasteiger partial charge in [0.1, 0.15) is 6.04 Å². The first-order chi connectivity index (χ1) is 17.2. The molecule has 0 bridgehead atoms. The highest BCUT2D eigenvalue weighted by atomic mass is 35.5. The average Bonchev–Trinajstić information content (AvgIpc) is 3.36. The Bertz CT molecular complexity index is 1210. The minimum Gasteiger partial charge on any atom is -0.454 e. The number of ether oxygens (including phenoxy) is 2. The van der Waals surface area contributed by atoms with Gasteiger partial charge < -0.3 is 19.7 Å². The largest absolute Gasteiger partial charge is 0.454 e. The third-order valence-corrected chi connectivity index (χ3v) is 8.85. The molecule has 0 spiro atoms. The molecule has 2 aliphatic rings. The number of likely N-dealkylation sites (N-methyl/N-ethyl adjacent to an activating group) is 1. The molecule has 2 aromatic carbocycles. The Morgan fingerprint density at radius 2 is 1.69 bits per heavy atom. The van der Waals surface area contributed by atoms with Gasteiger partial charge in [-0.1, -0.05) is 11.6 Å². The van der Waals surface area contributed by atoms with E-state index in [1.165, 1.54) is 16.4 Å². The number of carbonyl (C=O) groups excluding carboxylic acids is 2. The highest BCUT2D eigenvalue weighted by Crippen LogP contribution is 2.33. The molecule has 0 radical (unpaired) electrons. The van der Waals surface area contributed by atoms with E-state index >= 15 is 0 Å². The fourth-order valence-electron chi connectivity index (χ4n) is 4.58. The molecule has 1 unspecified atom stereocenters. The molecule has 2 aromatic rings. The van der Waals surface area contributed by atoms with Gasteiger partial charge in [-0.25, -0.2) is 8.42 Å². The summed E-state index contributed by atoms with van der Waals surface area (Å²) in [6.07, 6.45) is 0.873. The van der Waals surface area contributed by atoms with Gasteiger partial charge in [-0.2, -0.15) is 4.31 Å². The van der Waals surface area contributed by atoms with Crippen molar-refractivity contribution in [3.8, 4) is 11.5 Å². The maximum atomic E-state index is 13.4. The number of fused-ring (bicyclic) bond motifs is 1. The predicted molar refractivity (Wildman–Crippen MR) is 135 cm³/mol. The van der Waals surface area contributed by atoms with E-state index < -0.39 is 22.0 Å².